The van der Waals surface area contributed by atoms with Crippen molar-refractivity contribution in [2.24, 2.45) is 5.73 Å². The molecular formula is C12H10F3N3O. The summed E-state index contributed by atoms with van der Waals surface area (Å²) in [6.07, 6.45) is -1.87. The van der Waals surface area contributed by atoms with Crippen molar-refractivity contribution in [3.05, 3.63) is 53.1 Å². The molecule has 0 unspecified atom stereocenters. The maximum Gasteiger partial charge on any atom is 0.416 e. The maximum absolute atomic E-state index is 12.9. The van der Waals surface area contributed by atoms with Crippen molar-refractivity contribution >= 4 is 5.91 Å². The van der Waals surface area contributed by atoms with Gasteiger partial charge in [-0.1, -0.05) is 6.07 Å². The standard InChI is InChI=1S/C12H10F3N3O/c13-12(14,15)10-3-1-2-8(11(16)19)9(10)4-7-5-17-6-18-7/h1-3,5-6H,4H2,(H2,16,19)(H,17,18). The van der Waals surface area contributed by atoms with Crippen molar-refractivity contribution in [1.29, 1.82) is 0 Å². The summed E-state index contributed by atoms with van der Waals surface area (Å²) >= 11 is 0. The van der Waals surface area contributed by atoms with Crippen LogP contribution in [0.15, 0.2) is 30.7 Å². The molecule has 100 valence electrons. The van der Waals surface area contributed by atoms with Gasteiger partial charge in [0.05, 0.1) is 11.9 Å². The van der Waals surface area contributed by atoms with Gasteiger partial charge >= 0.3 is 6.18 Å². The van der Waals surface area contributed by atoms with E-state index in [1.807, 2.05) is 0 Å². The highest BCUT2D eigenvalue weighted by Gasteiger charge is 2.34. The Kier molecular flexibility index (Phi) is 3.28. The minimum atomic E-state index is -4.54. The van der Waals surface area contributed by atoms with Gasteiger partial charge in [-0.15, -0.1) is 0 Å². The number of carbonyl (C=O) groups excluding carboxylic acids is 1. The van der Waals surface area contributed by atoms with Crippen LogP contribution in [0.25, 0.3) is 0 Å². The third-order valence-corrected chi connectivity index (χ3v) is 2.67. The fraction of sp³-hybridized carbons (Fsp3) is 0.167. The van der Waals surface area contributed by atoms with Crippen molar-refractivity contribution in [1.82, 2.24) is 9.97 Å². The molecule has 1 aromatic heterocycles. The number of aromatic nitrogens is 2. The number of amides is 1. The second kappa shape index (κ2) is 4.75. The lowest BCUT2D eigenvalue weighted by molar-refractivity contribution is -0.138. The van der Waals surface area contributed by atoms with Gasteiger partial charge in [0.15, 0.2) is 0 Å². The second-order valence-corrected chi connectivity index (χ2v) is 3.95. The number of rotatable bonds is 3. The molecule has 7 heteroatoms. The number of benzene rings is 1. The summed E-state index contributed by atoms with van der Waals surface area (Å²) in [5.74, 6) is -0.888. The number of hydrogen-bond acceptors (Lipinski definition) is 2. The molecule has 3 N–H and O–H groups in total. The molecule has 0 aliphatic rings. The molecule has 0 atom stereocenters. The third kappa shape index (κ3) is 2.75. The zero-order valence-electron chi connectivity index (χ0n) is 9.66. The quantitative estimate of drug-likeness (QED) is 0.895. The molecule has 0 saturated carbocycles. The predicted molar refractivity (Wildman–Crippen MR) is 61.4 cm³/mol. The van der Waals surface area contributed by atoms with Crippen LogP contribution >= 0.6 is 0 Å². The first-order chi connectivity index (χ1) is 8.89. The fourth-order valence-corrected chi connectivity index (χ4v) is 1.85. The maximum atomic E-state index is 12.9. The molecule has 19 heavy (non-hydrogen) atoms. The highest BCUT2D eigenvalue weighted by atomic mass is 19.4. The van der Waals surface area contributed by atoms with Crippen LogP contribution in [0.4, 0.5) is 13.2 Å². The van der Waals surface area contributed by atoms with E-state index >= 15 is 0 Å². The molecule has 0 spiro atoms. The van der Waals surface area contributed by atoms with Crippen molar-refractivity contribution in [2.75, 3.05) is 0 Å². The molecule has 0 aliphatic heterocycles. The lowest BCUT2D eigenvalue weighted by atomic mass is 9.96. The summed E-state index contributed by atoms with van der Waals surface area (Å²) in [5, 5.41) is 0. The van der Waals surface area contributed by atoms with E-state index in [9.17, 15) is 18.0 Å². The van der Waals surface area contributed by atoms with Crippen LogP contribution in [0.3, 0.4) is 0 Å². The monoisotopic (exact) mass is 269 g/mol. The highest BCUT2D eigenvalue weighted by molar-refractivity contribution is 5.94. The van der Waals surface area contributed by atoms with E-state index in [-0.39, 0.29) is 17.5 Å². The predicted octanol–water partition coefficient (Wildman–Crippen LogP) is 2.12. The number of alkyl halides is 3. The fourth-order valence-electron chi connectivity index (χ4n) is 1.85. The topological polar surface area (TPSA) is 71.8 Å². The molecule has 0 aliphatic carbocycles. The van der Waals surface area contributed by atoms with Gasteiger partial charge in [-0.05, 0) is 17.7 Å². The Morgan fingerprint density at radius 1 is 1.37 bits per heavy atom. The average molecular weight is 269 g/mol. The number of nitrogens with zero attached hydrogens (tertiary/aromatic N) is 1. The van der Waals surface area contributed by atoms with E-state index in [1.54, 1.807) is 0 Å². The van der Waals surface area contributed by atoms with Crippen molar-refractivity contribution in [2.45, 2.75) is 12.6 Å². The van der Waals surface area contributed by atoms with Crippen molar-refractivity contribution < 1.29 is 18.0 Å². The van der Waals surface area contributed by atoms with Gasteiger partial charge < -0.3 is 10.7 Å². The molecule has 1 amide bonds. The van der Waals surface area contributed by atoms with Gasteiger partial charge in [0.2, 0.25) is 5.91 Å². The molecule has 2 rings (SSSR count). The number of primary amides is 1. The number of carbonyl (C=O) groups is 1. The van der Waals surface area contributed by atoms with Crippen LogP contribution in [-0.4, -0.2) is 15.9 Å². The summed E-state index contributed by atoms with van der Waals surface area (Å²) in [6.45, 7) is 0. The molecule has 2 aromatic rings. The molecule has 0 bridgehead atoms. The number of hydrogen-bond donors (Lipinski definition) is 2. The summed E-state index contributed by atoms with van der Waals surface area (Å²) < 4.78 is 38.8. The van der Waals surface area contributed by atoms with E-state index in [1.165, 1.54) is 24.7 Å². The smallest absolute Gasteiger partial charge is 0.366 e. The Balaban J connectivity index is 2.56. The third-order valence-electron chi connectivity index (χ3n) is 2.67. The van der Waals surface area contributed by atoms with Crippen LogP contribution in [-0.2, 0) is 12.6 Å². The molecule has 1 aromatic carbocycles. The van der Waals surface area contributed by atoms with Gasteiger partial charge in [-0.2, -0.15) is 13.2 Å². The van der Waals surface area contributed by atoms with Crippen molar-refractivity contribution in [3.8, 4) is 0 Å². The van der Waals surface area contributed by atoms with Crippen LogP contribution in [0.1, 0.15) is 27.2 Å². The molecule has 1 heterocycles. The first-order valence-corrected chi connectivity index (χ1v) is 5.35. The summed E-state index contributed by atoms with van der Waals surface area (Å²) in [7, 11) is 0. The lowest BCUT2D eigenvalue weighted by Gasteiger charge is -2.14. The highest BCUT2D eigenvalue weighted by Crippen LogP contribution is 2.34. The zero-order chi connectivity index (χ0) is 14.0. The first-order valence-electron chi connectivity index (χ1n) is 5.35. The molecule has 0 radical (unpaired) electrons. The van der Waals surface area contributed by atoms with E-state index in [2.05, 4.69) is 9.97 Å². The van der Waals surface area contributed by atoms with Crippen molar-refractivity contribution in [3.63, 3.8) is 0 Å². The first kappa shape index (κ1) is 13.1. The van der Waals surface area contributed by atoms with E-state index in [0.717, 1.165) is 6.07 Å². The van der Waals surface area contributed by atoms with Crippen LogP contribution in [0, 0.1) is 0 Å². The number of halogens is 3. The number of nitrogens with one attached hydrogen (secondary N) is 1. The van der Waals surface area contributed by atoms with E-state index in [0.29, 0.717) is 5.69 Å². The largest absolute Gasteiger partial charge is 0.416 e. The molecular weight excluding hydrogens is 259 g/mol. The number of aromatic amines is 1. The van der Waals surface area contributed by atoms with Gasteiger partial charge in [0.25, 0.3) is 0 Å². The molecule has 0 fully saturated rings. The Morgan fingerprint density at radius 3 is 2.63 bits per heavy atom. The second-order valence-electron chi connectivity index (χ2n) is 3.95. The minimum Gasteiger partial charge on any atom is -0.366 e. The van der Waals surface area contributed by atoms with Gasteiger partial charge in [-0.25, -0.2) is 4.98 Å². The normalized spacial score (nSPS) is 11.5. The van der Waals surface area contributed by atoms with E-state index < -0.39 is 17.6 Å². The number of imidazole rings is 1. The molecule has 0 saturated heterocycles. The van der Waals surface area contributed by atoms with E-state index in [4.69, 9.17) is 5.73 Å². The van der Waals surface area contributed by atoms with Crippen LogP contribution < -0.4 is 5.73 Å². The SMILES string of the molecule is NC(=O)c1cccc(C(F)(F)F)c1Cc1cnc[nH]1. The van der Waals surface area contributed by atoms with Crippen LogP contribution in [0.5, 0.6) is 0 Å². The van der Waals surface area contributed by atoms with Gasteiger partial charge in [0, 0.05) is 23.9 Å². The zero-order valence-corrected chi connectivity index (χ0v) is 9.66. The Morgan fingerprint density at radius 2 is 2.11 bits per heavy atom. The Bertz CT molecular complexity index is 591. The van der Waals surface area contributed by atoms with Crippen LogP contribution in [0.2, 0.25) is 0 Å². The number of H-pyrrole nitrogens is 1. The average Bonchev–Trinajstić information content (AvgIpc) is 2.80. The Hall–Kier alpha value is -2.31. The summed E-state index contributed by atoms with van der Waals surface area (Å²) in [6, 6.07) is 3.38. The summed E-state index contributed by atoms with van der Waals surface area (Å²) in [5.41, 5.74) is 4.45. The Labute approximate surface area is 106 Å². The molecule has 4 nitrogen and oxygen atoms in total. The van der Waals surface area contributed by atoms with Gasteiger partial charge in [-0.3, -0.25) is 4.79 Å². The number of nitrogens with two attached hydrogens (primary N) is 1. The lowest BCUT2D eigenvalue weighted by Crippen LogP contribution is -2.18. The minimum absolute atomic E-state index is 0.0893. The summed E-state index contributed by atoms with van der Waals surface area (Å²) in [4.78, 5) is 17.7. The van der Waals surface area contributed by atoms with Gasteiger partial charge in [0.1, 0.15) is 0 Å².